The van der Waals surface area contributed by atoms with Gasteiger partial charge in [0.05, 0.1) is 16.7 Å². The van der Waals surface area contributed by atoms with Gasteiger partial charge < -0.3 is 14.9 Å². The van der Waals surface area contributed by atoms with Crippen molar-refractivity contribution in [2.75, 3.05) is 13.2 Å². The Kier molecular flexibility index (Phi) is 6.57. The maximum Gasteiger partial charge on any atom is 0.407 e. The molecule has 0 unspecified atom stereocenters. The highest BCUT2D eigenvalue weighted by Crippen LogP contribution is 2.44. The molecule has 0 bridgehead atoms. The zero-order valence-corrected chi connectivity index (χ0v) is 21.3. The molecule has 40 heavy (non-hydrogen) atoms. The smallest absolute Gasteiger partial charge is 0.407 e. The molecule has 1 aliphatic heterocycles. The quantitative estimate of drug-likeness (QED) is 0.331. The summed E-state index contributed by atoms with van der Waals surface area (Å²) in [6, 6.07) is 29.2. The second-order valence-electron chi connectivity index (χ2n) is 9.49. The molecule has 0 spiro atoms. The largest absolute Gasteiger partial charge is 0.449 e. The topological polar surface area (TPSA) is 102 Å². The maximum absolute atomic E-state index is 12.9. The predicted molar refractivity (Wildman–Crippen MR) is 146 cm³/mol. The van der Waals surface area contributed by atoms with Crippen molar-refractivity contribution < 1.29 is 28.8 Å². The zero-order valence-electron chi connectivity index (χ0n) is 21.3. The summed E-state index contributed by atoms with van der Waals surface area (Å²) in [6.07, 6.45) is -0.259. The van der Waals surface area contributed by atoms with Gasteiger partial charge in [-0.3, -0.25) is 9.59 Å². The molecular weight excluding hydrogens is 508 g/mol. The highest BCUT2D eigenvalue weighted by molar-refractivity contribution is 6.21. The molecule has 3 amide bonds. The maximum atomic E-state index is 12.9. The third-order valence-electron chi connectivity index (χ3n) is 7.18. The van der Waals surface area contributed by atoms with Crippen LogP contribution in [0, 0.1) is 0 Å². The molecule has 0 fully saturated rings. The zero-order chi connectivity index (χ0) is 27.6. The number of amides is 3. The van der Waals surface area contributed by atoms with Gasteiger partial charge in [-0.2, -0.15) is 0 Å². The van der Waals surface area contributed by atoms with E-state index < -0.39 is 23.9 Å². The molecule has 6 rings (SSSR count). The van der Waals surface area contributed by atoms with Crippen molar-refractivity contribution in [3.05, 3.63) is 130 Å². The number of hydrogen-bond donors (Lipinski definition) is 1. The summed E-state index contributed by atoms with van der Waals surface area (Å²) >= 11 is 0. The summed E-state index contributed by atoms with van der Waals surface area (Å²) in [7, 11) is 0. The van der Waals surface area contributed by atoms with Crippen LogP contribution in [0.1, 0.15) is 53.7 Å². The lowest BCUT2D eigenvalue weighted by Gasteiger charge is -2.15. The van der Waals surface area contributed by atoms with E-state index in [4.69, 9.17) is 9.57 Å². The molecule has 1 heterocycles. The second kappa shape index (κ2) is 10.5. The van der Waals surface area contributed by atoms with E-state index >= 15 is 0 Å². The van der Waals surface area contributed by atoms with E-state index in [1.807, 2.05) is 24.3 Å². The summed E-state index contributed by atoms with van der Waals surface area (Å²) < 4.78 is 5.58. The molecule has 1 N–H and O–H groups in total. The van der Waals surface area contributed by atoms with Crippen LogP contribution in [0.4, 0.5) is 4.79 Å². The molecular formula is C32H24N2O6. The number of alkyl carbamates (subject to hydrolysis) is 1. The average molecular weight is 533 g/mol. The summed E-state index contributed by atoms with van der Waals surface area (Å²) in [6.45, 7) is 0.400. The van der Waals surface area contributed by atoms with Gasteiger partial charge in [-0.15, -0.1) is 0 Å². The monoisotopic (exact) mass is 532 g/mol. The molecule has 1 aliphatic carbocycles. The van der Waals surface area contributed by atoms with Gasteiger partial charge in [0.15, 0.2) is 0 Å². The average Bonchev–Trinajstić information content (AvgIpc) is 3.43. The van der Waals surface area contributed by atoms with Gasteiger partial charge in [0.2, 0.25) is 0 Å². The SMILES string of the molecule is O=C(NCCc1ccccc1C(=O)ON1C(=O)c2ccccc2C1=O)OCC1c2ccccc2-c2ccccc21. The van der Waals surface area contributed by atoms with Gasteiger partial charge in [-0.1, -0.05) is 83.9 Å². The van der Waals surface area contributed by atoms with Gasteiger partial charge in [-0.05, 0) is 52.4 Å². The van der Waals surface area contributed by atoms with Crippen molar-refractivity contribution >= 4 is 23.9 Å². The Bertz CT molecular complexity index is 1580. The lowest BCUT2D eigenvalue weighted by molar-refractivity contribution is -0.0585. The first kappa shape index (κ1) is 25.1. The van der Waals surface area contributed by atoms with E-state index in [2.05, 4.69) is 29.6 Å². The molecule has 0 aromatic heterocycles. The molecule has 4 aromatic rings. The first-order valence-corrected chi connectivity index (χ1v) is 12.9. The highest BCUT2D eigenvalue weighted by Gasteiger charge is 2.39. The van der Waals surface area contributed by atoms with Gasteiger partial charge in [0.1, 0.15) is 6.61 Å². The number of nitrogens with zero attached hydrogens (tertiary/aromatic N) is 1. The minimum atomic E-state index is -0.841. The van der Waals surface area contributed by atoms with Crippen LogP contribution < -0.4 is 5.32 Å². The molecule has 0 saturated carbocycles. The molecule has 2 aliphatic rings. The number of imide groups is 1. The number of carbonyl (C=O) groups excluding carboxylic acids is 4. The van der Waals surface area contributed by atoms with Crippen molar-refractivity contribution in [1.82, 2.24) is 10.4 Å². The lowest BCUT2D eigenvalue weighted by Crippen LogP contribution is -2.33. The van der Waals surface area contributed by atoms with E-state index in [0.29, 0.717) is 17.0 Å². The summed E-state index contributed by atoms with van der Waals surface area (Å²) in [5.74, 6) is -2.27. The number of ether oxygens (including phenoxy) is 1. The van der Waals surface area contributed by atoms with Crippen LogP contribution in [0.25, 0.3) is 11.1 Å². The minimum absolute atomic E-state index is 0.0456. The van der Waals surface area contributed by atoms with Crippen LogP contribution in [0.5, 0.6) is 0 Å². The summed E-state index contributed by atoms with van der Waals surface area (Å²) in [4.78, 5) is 55.8. The third-order valence-corrected chi connectivity index (χ3v) is 7.18. The molecule has 8 nitrogen and oxygen atoms in total. The van der Waals surface area contributed by atoms with E-state index in [1.165, 1.54) is 12.1 Å². The van der Waals surface area contributed by atoms with Crippen LogP contribution in [-0.2, 0) is 16.0 Å². The Morgan fingerprint density at radius 1 is 0.700 bits per heavy atom. The summed E-state index contributed by atoms with van der Waals surface area (Å²) in [5.41, 5.74) is 5.69. The number of hydrogen-bond acceptors (Lipinski definition) is 6. The summed E-state index contributed by atoms with van der Waals surface area (Å²) in [5, 5.41) is 3.22. The van der Waals surface area contributed by atoms with Crippen LogP contribution >= 0.6 is 0 Å². The van der Waals surface area contributed by atoms with Crippen molar-refractivity contribution in [3.63, 3.8) is 0 Å². The number of hydroxylamine groups is 2. The Morgan fingerprint density at radius 3 is 1.85 bits per heavy atom. The van der Waals surface area contributed by atoms with Gasteiger partial charge in [0, 0.05) is 12.5 Å². The number of rotatable bonds is 7. The highest BCUT2D eigenvalue weighted by atomic mass is 16.7. The fraction of sp³-hybridized carbons (Fsp3) is 0.125. The van der Waals surface area contributed by atoms with Crippen LogP contribution in [0.15, 0.2) is 97.1 Å². The first-order valence-electron chi connectivity index (χ1n) is 12.9. The van der Waals surface area contributed by atoms with Crippen molar-refractivity contribution in [2.24, 2.45) is 0 Å². The number of benzene rings is 4. The Balaban J connectivity index is 1.05. The molecule has 198 valence electrons. The predicted octanol–water partition coefficient (Wildman–Crippen LogP) is 5.14. The van der Waals surface area contributed by atoms with Gasteiger partial charge in [0.25, 0.3) is 11.8 Å². The van der Waals surface area contributed by atoms with Gasteiger partial charge >= 0.3 is 12.1 Å². The van der Waals surface area contributed by atoms with Crippen LogP contribution in [0.2, 0.25) is 0 Å². The lowest BCUT2D eigenvalue weighted by atomic mass is 9.98. The molecule has 4 aromatic carbocycles. The number of fused-ring (bicyclic) bond motifs is 4. The van der Waals surface area contributed by atoms with Crippen molar-refractivity contribution in [3.8, 4) is 11.1 Å². The molecule has 0 radical (unpaired) electrons. The van der Waals surface area contributed by atoms with E-state index in [1.54, 1.807) is 36.4 Å². The van der Waals surface area contributed by atoms with Crippen LogP contribution in [0.3, 0.4) is 0 Å². The standard InChI is InChI=1S/C32H24N2O6/c35-29-26-15-7-8-16-27(26)30(36)34(29)40-31(37)21-10-2-1-9-20(21)17-18-33-32(38)39-19-28-24-13-5-3-11-22(24)23-12-4-6-14-25(23)28/h1-16,28H,17-19H2,(H,33,38). The fourth-order valence-corrected chi connectivity index (χ4v) is 5.27. The normalized spacial score (nSPS) is 13.4. The molecule has 0 atom stereocenters. The Hall–Kier alpha value is -5.24. The molecule has 8 heteroatoms. The molecule has 0 saturated heterocycles. The van der Waals surface area contributed by atoms with E-state index in [0.717, 1.165) is 22.3 Å². The van der Waals surface area contributed by atoms with E-state index in [-0.39, 0.29) is 35.8 Å². The van der Waals surface area contributed by atoms with E-state index in [9.17, 15) is 19.2 Å². The Morgan fingerprint density at radius 2 is 1.23 bits per heavy atom. The fourth-order valence-electron chi connectivity index (χ4n) is 5.27. The second-order valence-corrected chi connectivity index (χ2v) is 9.49. The number of carbonyl (C=O) groups is 4. The third kappa shape index (κ3) is 4.49. The first-order chi connectivity index (χ1) is 19.5. The number of nitrogens with one attached hydrogen (secondary N) is 1. The van der Waals surface area contributed by atoms with Crippen LogP contribution in [-0.4, -0.2) is 42.1 Å². The van der Waals surface area contributed by atoms with Crippen molar-refractivity contribution in [1.29, 1.82) is 0 Å². The minimum Gasteiger partial charge on any atom is -0.449 e. The van der Waals surface area contributed by atoms with Gasteiger partial charge in [-0.25, -0.2) is 9.59 Å². The van der Waals surface area contributed by atoms with Crippen molar-refractivity contribution in [2.45, 2.75) is 12.3 Å². The Labute approximate surface area is 230 Å².